The van der Waals surface area contributed by atoms with Crippen LogP contribution in [0.25, 0.3) is 0 Å². The second kappa shape index (κ2) is 5.09. The summed E-state index contributed by atoms with van der Waals surface area (Å²) in [5, 5.41) is 17.3. The van der Waals surface area contributed by atoms with E-state index in [4.69, 9.17) is 14.9 Å². The maximum atomic E-state index is 10.4. The van der Waals surface area contributed by atoms with Crippen LogP contribution < -0.4 is 0 Å². The van der Waals surface area contributed by atoms with E-state index in [1.165, 1.54) is 6.92 Å². The van der Waals surface area contributed by atoms with E-state index in [2.05, 4.69) is 0 Å². The maximum absolute atomic E-state index is 10.4. The molecule has 0 spiro atoms. The fraction of sp³-hybridized carbons (Fsp3) is 0.857. The summed E-state index contributed by atoms with van der Waals surface area (Å²) in [6.07, 6.45) is -0.866. The zero-order chi connectivity index (χ0) is 8.85. The summed E-state index contributed by atoms with van der Waals surface area (Å²) in [6.45, 7) is 2.67. The number of aliphatic hydroxyl groups is 2. The van der Waals surface area contributed by atoms with Gasteiger partial charge in [-0.3, -0.25) is 4.79 Å². The second-order valence-electron chi connectivity index (χ2n) is 2.49. The van der Waals surface area contributed by atoms with Gasteiger partial charge in [-0.15, -0.1) is 0 Å². The molecule has 0 aromatic carbocycles. The predicted molar refractivity (Wildman–Crippen MR) is 38.9 cm³/mol. The summed E-state index contributed by atoms with van der Waals surface area (Å²) < 4.78 is 4.71. The zero-order valence-corrected chi connectivity index (χ0v) is 6.78. The van der Waals surface area contributed by atoms with Crippen molar-refractivity contribution in [3.63, 3.8) is 0 Å². The van der Waals surface area contributed by atoms with E-state index in [1.807, 2.05) is 0 Å². The van der Waals surface area contributed by atoms with Crippen LogP contribution in [0.3, 0.4) is 0 Å². The number of hydrogen-bond acceptors (Lipinski definition) is 4. The molecular formula is C7H14O4. The van der Waals surface area contributed by atoms with Crippen LogP contribution >= 0.6 is 0 Å². The van der Waals surface area contributed by atoms with Crippen LogP contribution in [-0.2, 0) is 9.53 Å². The molecule has 0 aliphatic heterocycles. The van der Waals surface area contributed by atoms with E-state index in [0.29, 0.717) is 0 Å². The Morgan fingerprint density at radius 3 is 2.55 bits per heavy atom. The van der Waals surface area contributed by atoms with E-state index >= 15 is 0 Å². The Balaban J connectivity index is 3.51. The zero-order valence-electron chi connectivity index (χ0n) is 6.78. The lowest BCUT2D eigenvalue weighted by Gasteiger charge is -2.14. The van der Waals surface area contributed by atoms with Gasteiger partial charge in [-0.2, -0.15) is 0 Å². The van der Waals surface area contributed by atoms with Crippen LogP contribution in [0.4, 0.5) is 0 Å². The SMILES string of the molecule is CC(=O)O[C@H](C)C[C@H](O)CO. The molecule has 0 aromatic heterocycles. The van der Waals surface area contributed by atoms with Gasteiger partial charge < -0.3 is 14.9 Å². The molecule has 0 aliphatic carbocycles. The van der Waals surface area contributed by atoms with Crippen LogP contribution in [0.2, 0.25) is 0 Å². The van der Waals surface area contributed by atoms with Crippen molar-refractivity contribution in [2.24, 2.45) is 0 Å². The minimum absolute atomic E-state index is 0.274. The summed E-state index contributed by atoms with van der Waals surface area (Å²) in [5.41, 5.74) is 0. The molecule has 2 atom stereocenters. The second-order valence-corrected chi connectivity index (χ2v) is 2.49. The molecule has 0 saturated heterocycles. The van der Waals surface area contributed by atoms with Crippen LogP contribution in [-0.4, -0.2) is 35.0 Å². The van der Waals surface area contributed by atoms with Gasteiger partial charge in [-0.05, 0) is 6.92 Å². The lowest BCUT2D eigenvalue weighted by Crippen LogP contribution is -2.22. The van der Waals surface area contributed by atoms with Gasteiger partial charge in [0.25, 0.3) is 0 Å². The van der Waals surface area contributed by atoms with Crippen molar-refractivity contribution in [2.45, 2.75) is 32.5 Å². The number of rotatable bonds is 4. The molecule has 0 amide bonds. The number of carbonyl (C=O) groups excluding carboxylic acids is 1. The van der Waals surface area contributed by atoms with Gasteiger partial charge in [0, 0.05) is 13.3 Å². The number of hydrogen-bond donors (Lipinski definition) is 2. The van der Waals surface area contributed by atoms with Gasteiger partial charge in [0.15, 0.2) is 0 Å². The van der Waals surface area contributed by atoms with Crippen LogP contribution in [0.15, 0.2) is 0 Å². The molecule has 0 heterocycles. The van der Waals surface area contributed by atoms with E-state index < -0.39 is 6.10 Å². The molecule has 66 valence electrons. The highest BCUT2D eigenvalue weighted by atomic mass is 16.5. The highest BCUT2D eigenvalue weighted by molar-refractivity contribution is 5.66. The molecule has 0 aliphatic rings. The summed E-state index contributed by atoms with van der Waals surface area (Å²) in [6, 6.07) is 0. The Labute approximate surface area is 65.8 Å². The molecule has 0 saturated carbocycles. The number of aliphatic hydroxyl groups excluding tert-OH is 2. The van der Waals surface area contributed by atoms with Crippen molar-refractivity contribution in [3.05, 3.63) is 0 Å². The third-order valence-electron chi connectivity index (χ3n) is 1.18. The normalized spacial score (nSPS) is 15.6. The predicted octanol–water partition coefficient (Wildman–Crippen LogP) is -0.319. The maximum Gasteiger partial charge on any atom is 0.302 e. The molecule has 0 bridgehead atoms. The topological polar surface area (TPSA) is 66.8 Å². The summed E-state index contributed by atoms with van der Waals surface area (Å²) in [5.74, 6) is -0.373. The summed E-state index contributed by atoms with van der Waals surface area (Å²) in [4.78, 5) is 10.4. The van der Waals surface area contributed by atoms with Crippen LogP contribution in [0.5, 0.6) is 0 Å². The van der Waals surface area contributed by atoms with Crippen molar-refractivity contribution in [1.29, 1.82) is 0 Å². The highest BCUT2D eigenvalue weighted by Gasteiger charge is 2.10. The van der Waals surface area contributed by atoms with Gasteiger partial charge in [0.2, 0.25) is 0 Å². The van der Waals surface area contributed by atoms with Gasteiger partial charge in [0.1, 0.15) is 6.10 Å². The Morgan fingerprint density at radius 1 is 1.64 bits per heavy atom. The van der Waals surface area contributed by atoms with E-state index in [1.54, 1.807) is 6.92 Å². The molecule has 2 N–H and O–H groups in total. The first-order valence-electron chi connectivity index (χ1n) is 3.52. The molecule has 0 unspecified atom stereocenters. The Kier molecular flexibility index (Phi) is 4.81. The molecule has 0 radical (unpaired) electrons. The number of esters is 1. The molecule has 4 nitrogen and oxygen atoms in total. The first kappa shape index (κ1) is 10.4. The quantitative estimate of drug-likeness (QED) is 0.556. The van der Waals surface area contributed by atoms with Crippen molar-refractivity contribution in [1.82, 2.24) is 0 Å². The lowest BCUT2D eigenvalue weighted by atomic mass is 10.2. The number of carbonyl (C=O) groups is 1. The van der Waals surface area contributed by atoms with Crippen molar-refractivity contribution in [3.8, 4) is 0 Å². The fourth-order valence-electron chi connectivity index (χ4n) is 0.789. The van der Waals surface area contributed by atoms with E-state index in [9.17, 15) is 4.79 Å². The first-order chi connectivity index (χ1) is 5.06. The minimum Gasteiger partial charge on any atom is -0.463 e. The van der Waals surface area contributed by atoms with E-state index in [0.717, 1.165) is 0 Å². The Morgan fingerprint density at radius 2 is 2.18 bits per heavy atom. The molecule has 0 rings (SSSR count). The smallest absolute Gasteiger partial charge is 0.302 e. The van der Waals surface area contributed by atoms with Crippen molar-refractivity contribution in [2.75, 3.05) is 6.61 Å². The third kappa shape index (κ3) is 5.82. The molecule has 11 heavy (non-hydrogen) atoms. The molecule has 0 aromatic rings. The Hall–Kier alpha value is -0.610. The molecular weight excluding hydrogens is 148 g/mol. The highest BCUT2D eigenvalue weighted by Crippen LogP contribution is 2.01. The summed E-state index contributed by atoms with van der Waals surface area (Å²) >= 11 is 0. The Bertz CT molecular complexity index is 124. The van der Waals surface area contributed by atoms with Crippen LogP contribution in [0.1, 0.15) is 20.3 Å². The fourth-order valence-corrected chi connectivity index (χ4v) is 0.789. The van der Waals surface area contributed by atoms with Crippen molar-refractivity contribution < 1.29 is 19.7 Å². The third-order valence-corrected chi connectivity index (χ3v) is 1.18. The van der Waals surface area contributed by atoms with Gasteiger partial charge in [-0.25, -0.2) is 0 Å². The molecule has 0 fully saturated rings. The van der Waals surface area contributed by atoms with Gasteiger partial charge in [0.05, 0.1) is 12.7 Å². The average molecular weight is 162 g/mol. The van der Waals surface area contributed by atoms with Crippen LogP contribution in [0, 0.1) is 0 Å². The summed E-state index contributed by atoms with van der Waals surface area (Å²) in [7, 11) is 0. The van der Waals surface area contributed by atoms with Crippen molar-refractivity contribution >= 4 is 5.97 Å². The largest absolute Gasteiger partial charge is 0.463 e. The molecule has 4 heteroatoms. The minimum atomic E-state index is -0.802. The standard InChI is InChI=1S/C7H14O4/c1-5(11-6(2)9)3-7(10)4-8/h5,7-8,10H,3-4H2,1-2H3/t5-,7+/m1/s1. The van der Waals surface area contributed by atoms with Gasteiger partial charge in [-0.1, -0.05) is 0 Å². The van der Waals surface area contributed by atoms with Gasteiger partial charge >= 0.3 is 5.97 Å². The van der Waals surface area contributed by atoms with E-state index in [-0.39, 0.29) is 25.1 Å². The lowest BCUT2D eigenvalue weighted by molar-refractivity contribution is -0.146. The monoisotopic (exact) mass is 162 g/mol. The average Bonchev–Trinajstić information content (AvgIpc) is 1.85. The number of ether oxygens (including phenoxy) is 1. The first-order valence-corrected chi connectivity index (χ1v) is 3.52.